The number of piperidine rings is 1. The Morgan fingerprint density at radius 2 is 1.73 bits per heavy atom. The minimum atomic E-state index is -3.52. The summed E-state index contributed by atoms with van der Waals surface area (Å²) in [4.78, 5) is 15.9. The first-order valence-corrected chi connectivity index (χ1v) is 11.7. The zero-order valence-electron chi connectivity index (χ0n) is 17.3. The quantitative estimate of drug-likeness (QED) is 0.648. The fraction of sp³-hybridized carbons (Fsp3) is 0.348. The third kappa shape index (κ3) is 4.27. The highest BCUT2D eigenvalue weighted by Crippen LogP contribution is 2.27. The second kappa shape index (κ2) is 8.24. The van der Waals surface area contributed by atoms with Gasteiger partial charge in [0.25, 0.3) is 0 Å². The van der Waals surface area contributed by atoms with Crippen LogP contribution in [0.1, 0.15) is 25.8 Å². The lowest BCUT2D eigenvalue weighted by atomic mass is 9.94. The van der Waals surface area contributed by atoms with E-state index in [1.807, 2.05) is 30.5 Å². The Bertz CT molecular complexity index is 1140. The molecule has 0 unspecified atom stereocenters. The summed E-state index contributed by atoms with van der Waals surface area (Å²) in [5, 5.41) is 3.88. The van der Waals surface area contributed by atoms with E-state index >= 15 is 0 Å². The number of fused-ring (bicyclic) bond motifs is 1. The molecule has 6 nitrogen and oxygen atoms in total. The highest BCUT2D eigenvalue weighted by molar-refractivity contribution is 7.89. The van der Waals surface area contributed by atoms with E-state index in [1.165, 1.54) is 0 Å². The van der Waals surface area contributed by atoms with E-state index in [0.717, 1.165) is 22.9 Å². The average Bonchev–Trinajstić information content (AvgIpc) is 3.10. The summed E-state index contributed by atoms with van der Waals surface area (Å²) in [7, 11) is -3.52. The number of carbonyl (C=O) groups excluding carboxylic acids is 1. The van der Waals surface area contributed by atoms with Gasteiger partial charge in [-0.3, -0.25) is 4.79 Å². The van der Waals surface area contributed by atoms with Crippen molar-refractivity contribution in [3.63, 3.8) is 0 Å². The fourth-order valence-corrected chi connectivity index (χ4v) is 6.00. The van der Waals surface area contributed by atoms with Gasteiger partial charge in [-0.15, -0.1) is 0 Å². The van der Waals surface area contributed by atoms with Gasteiger partial charge in [-0.25, -0.2) is 8.42 Å². The molecular weight excluding hydrogens is 398 g/mol. The van der Waals surface area contributed by atoms with Gasteiger partial charge >= 0.3 is 0 Å². The second-order valence-electron chi connectivity index (χ2n) is 8.38. The van der Waals surface area contributed by atoms with Crippen LogP contribution in [0.4, 0.5) is 5.69 Å². The van der Waals surface area contributed by atoms with Crippen molar-refractivity contribution in [2.24, 2.45) is 11.8 Å². The SMILES string of the molecule is C[C@H]1C[C@H](C)CN(S(=O)(=O)c2ccc(NC(=O)Cc3c[nH]c4ccccc34)cc2)C1. The van der Waals surface area contributed by atoms with Crippen LogP contribution in [-0.2, 0) is 21.2 Å². The minimum Gasteiger partial charge on any atom is -0.361 e. The van der Waals surface area contributed by atoms with Crippen molar-refractivity contribution < 1.29 is 13.2 Å². The van der Waals surface area contributed by atoms with Crippen LogP contribution in [-0.4, -0.2) is 36.7 Å². The lowest BCUT2D eigenvalue weighted by molar-refractivity contribution is -0.115. The molecule has 0 radical (unpaired) electrons. The molecule has 1 amide bonds. The maximum atomic E-state index is 13.0. The highest BCUT2D eigenvalue weighted by Gasteiger charge is 2.31. The van der Waals surface area contributed by atoms with E-state index in [2.05, 4.69) is 24.1 Å². The molecule has 3 aromatic rings. The molecule has 1 aliphatic heterocycles. The summed E-state index contributed by atoms with van der Waals surface area (Å²) >= 11 is 0. The van der Waals surface area contributed by atoms with Gasteiger partial charge in [0.2, 0.25) is 15.9 Å². The Morgan fingerprint density at radius 3 is 2.43 bits per heavy atom. The number of para-hydroxylation sites is 1. The number of hydrogen-bond donors (Lipinski definition) is 2. The van der Waals surface area contributed by atoms with Gasteiger partial charge in [0.05, 0.1) is 11.3 Å². The third-order valence-corrected chi connectivity index (χ3v) is 7.48. The largest absolute Gasteiger partial charge is 0.361 e. The van der Waals surface area contributed by atoms with Crippen LogP contribution >= 0.6 is 0 Å². The number of benzene rings is 2. The van der Waals surface area contributed by atoms with Crippen molar-refractivity contribution in [3.8, 4) is 0 Å². The summed E-state index contributed by atoms with van der Waals surface area (Å²) < 4.78 is 27.5. The molecule has 2 N–H and O–H groups in total. The number of H-pyrrole nitrogens is 1. The molecule has 158 valence electrons. The van der Waals surface area contributed by atoms with E-state index in [9.17, 15) is 13.2 Å². The Labute approximate surface area is 177 Å². The summed E-state index contributed by atoms with van der Waals surface area (Å²) in [5.74, 6) is 0.562. The number of nitrogens with zero attached hydrogens (tertiary/aromatic N) is 1. The first-order valence-electron chi connectivity index (χ1n) is 10.3. The molecule has 4 rings (SSSR count). The zero-order chi connectivity index (χ0) is 21.3. The molecule has 1 saturated heterocycles. The van der Waals surface area contributed by atoms with E-state index in [0.29, 0.717) is 30.6 Å². The summed E-state index contributed by atoms with van der Waals surface area (Å²) in [6.45, 7) is 5.28. The van der Waals surface area contributed by atoms with Crippen molar-refractivity contribution >= 4 is 32.5 Å². The third-order valence-electron chi connectivity index (χ3n) is 5.64. The Balaban J connectivity index is 1.43. The lowest BCUT2D eigenvalue weighted by Gasteiger charge is -2.34. The number of aromatic nitrogens is 1. The van der Waals surface area contributed by atoms with Crippen LogP contribution in [0, 0.1) is 11.8 Å². The lowest BCUT2D eigenvalue weighted by Crippen LogP contribution is -2.42. The zero-order valence-corrected chi connectivity index (χ0v) is 18.1. The van der Waals surface area contributed by atoms with Gasteiger partial charge < -0.3 is 10.3 Å². The minimum absolute atomic E-state index is 0.144. The van der Waals surface area contributed by atoms with Gasteiger partial charge in [-0.1, -0.05) is 32.0 Å². The van der Waals surface area contributed by atoms with Gasteiger partial charge in [0.15, 0.2) is 0 Å². The molecule has 7 heteroatoms. The van der Waals surface area contributed by atoms with Crippen molar-refractivity contribution in [2.45, 2.75) is 31.6 Å². The smallest absolute Gasteiger partial charge is 0.243 e. The van der Waals surface area contributed by atoms with Crippen LogP contribution in [0.2, 0.25) is 0 Å². The van der Waals surface area contributed by atoms with E-state index < -0.39 is 10.0 Å². The molecule has 0 bridgehead atoms. The number of carbonyl (C=O) groups is 1. The summed E-state index contributed by atoms with van der Waals surface area (Å²) in [6, 6.07) is 14.3. The molecule has 1 aromatic heterocycles. The molecule has 2 aromatic carbocycles. The molecule has 1 fully saturated rings. The Hall–Kier alpha value is -2.64. The molecular formula is C23H27N3O3S. The number of rotatable bonds is 5. The predicted molar refractivity (Wildman–Crippen MR) is 119 cm³/mol. The van der Waals surface area contributed by atoms with E-state index in [1.54, 1.807) is 28.6 Å². The fourth-order valence-electron chi connectivity index (χ4n) is 4.32. The average molecular weight is 426 g/mol. The maximum Gasteiger partial charge on any atom is 0.243 e. The predicted octanol–water partition coefficient (Wildman–Crippen LogP) is 4.02. The van der Waals surface area contributed by atoms with Crippen molar-refractivity contribution in [1.29, 1.82) is 0 Å². The topological polar surface area (TPSA) is 82.3 Å². The van der Waals surface area contributed by atoms with Crippen LogP contribution in [0.25, 0.3) is 10.9 Å². The molecule has 30 heavy (non-hydrogen) atoms. The van der Waals surface area contributed by atoms with Crippen LogP contribution < -0.4 is 5.32 Å². The second-order valence-corrected chi connectivity index (χ2v) is 10.3. The van der Waals surface area contributed by atoms with Crippen LogP contribution in [0.15, 0.2) is 59.6 Å². The molecule has 1 aliphatic rings. The first-order chi connectivity index (χ1) is 14.3. The Morgan fingerprint density at radius 1 is 1.07 bits per heavy atom. The number of anilines is 1. The van der Waals surface area contributed by atoms with Crippen LogP contribution in [0.5, 0.6) is 0 Å². The highest BCUT2D eigenvalue weighted by atomic mass is 32.2. The van der Waals surface area contributed by atoms with E-state index in [4.69, 9.17) is 0 Å². The number of aromatic amines is 1. The summed E-state index contributed by atoms with van der Waals surface area (Å²) in [6.07, 6.45) is 3.14. The Kier molecular flexibility index (Phi) is 5.66. The maximum absolute atomic E-state index is 13.0. The number of sulfonamides is 1. The van der Waals surface area contributed by atoms with Gasteiger partial charge in [-0.05, 0) is 54.2 Å². The standard InChI is InChI=1S/C23H27N3O3S/c1-16-11-17(2)15-26(14-16)30(28,29)20-9-7-19(8-10-20)25-23(27)12-18-13-24-22-6-4-3-5-21(18)22/h3-10,13,16-17,24H,11-12,14-15H2,1-2H3,(H,25,27)/t16-,17-/m0/s1. The normalized spacial score (nSPS) is 20.3. The monoisotopic (exact) mass is 425 g/mol. The molecule has 0 aliphatic carbocycles. The van der Waals surface area contributed by atoms with Crippen molar-refractivity contribution in [3.05, 3.63) is 60.3 Å². The van der Waals surface area contributed by atoms with Crippen molar-refractivity contribution in [2.75, 3.05) is 18.4 Å². The van der Waals surface area contributed by atoms with E-state index in [-0.39, 0.29) is 17.2 Å². The van der Waals surface area contributed by atoms with Crippen molar-refractivity contribution in [1.82, 2.24) is 9.29 Å². The first kappa shape index (κ1) is 20.6. The van der Waals surface area contributed by atoms with Gasteiger partial charge in [-0.2, -0.15) is 4.31 Å². The molecule has 2 heterocycles. The molecule has 0 saturated carbocycles. The summed E-state index contributed by atoms with van der Waals surface area (Å²) in [5.41, 5.74) is 2.51. The van der Waals surface area contributed by atoms with Gasteiger partial charge in [0.1, 0.15) is 0 Å². The number of nitrogens with one attached hydrogen (secondary N) is 2. The molecule has 0 spiro atoms. The van der Waals surface area contributed by atoms with Gasteiger partial charge in [0, 0.05) is 35.9 Å². The molecule has 2 atom stereocenters. The van der Waals surface area contributed by atoms with Crippen LogP contribution in [0.3, 0.4) is 0 Å². The number of hydrogen-bond acceptors (Lipinski definition) is 3. The number of amides is 1.